The molecule has 0 unspecified atom stereocenters. The third-order valence-corrected chi connectivity index (χ3v) is 8.56. The number of rotatable bonds is 8. The number of sulfonamides is 1. The number of nitrogens with one attached hydrogen (secondary N) is 1. The van der Waals surface area contributed by atoms with E-state index in [1.54, 1.807) is 28.7 Å². The summed E-state index contributed by atoms with van der Waals surface area (Å²) in [6.07, 6.45) is 8.44. The van der Waals surface area contributed by atoms with Gasteiger partial charge >= 0.3 is 5.69 Å². The van der Waals surface area contributed by atoms with Crippen LogP contribution < -0.4 is 16.0 Å². The SMILES string of the molecule is Cn1cc(Cn2c(=O)c3cc(S(=O)(=O)NC4(CF)CC4)ccc3n(CC3CCCC3)c2=O)cn1. The molecule has 1 N–H and O–H groups in total. The molecular formula is C23H28FN5O4S. The van der Waals surface area contributed by atoms with Crippen LogP contribution in [0, 0.1) is 5.92 Å². The summed E-state index contributed by atoms with van der Waals surface area (Å²) in [5.41, 5.74) is -0.922. The van der Waals surface area contributed by atoms with Gasteiger partial charge in [-0.05, 0) is 49.8 Å². The van der Waals surface area contributed by atoms with E-state index in [1.807, 2.05) is 0 Å². The summed E-state index contributed by atoms with van der Waals surface area (Å²) in [7, 11) is -2.28. The number of aromatic nitrogens is 4. The van der Waals surface area contributed by atoms with Gasteiger partial charge in [-0.25, -0.2) is 22.3 Å². The summed E-state index contributed by atoms with van der Waals surface area (Å²) in [5, 5.41) is 4.26. The zero-order chi connectivity index (χ0) is 24.1. The molecule has 5 rings (SSSR count). The summed E-state index contributed by atoms with van der Waals surface area (Å²) < 4.78 is 46.0. The Morgan fingerprint density at radius 3 is 2.53 bits per heavy atom. The Kier molecular flexibility index (Phi) is 5.71. The molecule has 0 saturated heterocycles. The first kappa shape index (κ1) is 23.0. The average Bonchev–Trinajstić information content (AvgIpc) is 3.17. The highest BCUT2D eigenvalue weighted by molar-refractivity contribution is 7.89. The molecule has 2 heterocycles. The van der Waals surface area contributed by atoms with Crippen molar-refractivity contribution in [1.29, 1.82) is 0 Å². The normalized spacial score (nSPS) is 18.1. The van der Waals surface area contributed by atoms with Crippen molar-refractivity contribution < 1.29 is 12.8 Å². The molecule has 2 saturated carbocycles. The van der Waals surface area contributed by atoms with Crippen molar-refractivity contribution in [3.8, 4) is 0 Å². The molecule has 0 spiro atoms. The molecule has 0 aliphatic heterocycles. The molecule has 2 aliphatic carbocycles. The lowest BCUT2D eigenvalue weighted by molar-refractivity contribution is 0.393. The van der Waals surface area contributed by atoms with Crippen LogP contribution in [-0.4, -0.2) is 39.5 Å². The average molecular weight is 490 g/mol. The van der Waals surface area contributed by atoms with Gasteiger partial charge in [0.2, 0.25) is 10.0 Å². The number of hydrogen-bond acceptors (Lipinski definition) is 5. The van der Waals surface area contributed by atoms with Gasteiger partial charge in [0.15, 0.2) is 0 Å². The lowest BCUT2D eigenvalue weighted by Gasteiger charge is -2.18. The van der Waals surface area contributed by atoms with Crippen LogP contribution in [0.4, 0.5) is 4.39 Å². The summed E-state index contributed by atoms with van der Waals surface area (Å²) in [5.74, 6) is 0.328. The number of hydrogen-bond donors (Lipinski definition) is 1. The van der Waals surface area contributed by atoms with Gasteiger partial charge in [-0.1, -0.05) is 12.8 Å². The molecule has 0 radical (unpaired) electrons. The van der Waals surface area contributed by atoms with Crippen molar-refractivity contribution in [2.75, 3.05) is 6.67 Å². The number of fused-ring (bicyclic) bond motifs is 1. The first-order valence-corrected chi connectivity index (χ1v) is 13.0. The van der Waals surface area contributed by atoms with Crippen molar-refractivity contribution in [3.05, 3.63) is 57.0 Å². The van der Waals surface area contributed by atoms with Crippen molar-refractivity contribution in [2.24, 2.45) is 13.0 Å². The molecule has 9 nitrogen and oxygen atoms in total. The van der Waals surface area contributed by atoms with Gasteiger partial charge in [0.05, 0.1) is 34.1 Å². The van der Waals surface area contributed by atoms with Crippen LogP contribution in [0.2, 0.25) is 0 Å². The van der Waals surface area contributed by atoms with Crippen molar-refractivity contribution in [1.82, 2.24) is 23.6 Å². The first-order chi connectivity index (χ1) is 16.2. The van der Waals surface area contributed by atoms with Crippen molar-refractivity contribution >= 4 is 20.9 Å². The topological polar surface area (TPSA) is 108 Å². The summed E-state index contributed by atoms with van der Waals surface area (Å²) >= 11 is 0. The third-order valence-electron chi connectivity index (χ3n) is 6.98. The first-order valence-electron chi connectivity index (χ1n) is 11.6. The van der Waals surface area contributed by atoms with E-state index in [2.05, 4.69) is 9.82 Å². The zero-order valence-corrected chi connectivity index (χ0v) is 19.9. The van der Waals surface area contributed by atoms with E-state index in [1.165, 1.54) is 18.2 Å². The van der Waals surface area contributed by atoms with Crippen LogP contribution in [0.1, 0.15) is 44.1 Å². The summed E-state index contributed by atoms with van der Waals surface area (Å²) in [6, 6.07) is 4.21. The maximum Gasteiger partial charge on any atom is 0.331 e. The van der Waals surface area contributed by atoms with Gasteiger partial charge in [0.1, 0.15) is 6.67 Å². The van der Waals surface area contributed by atoms with E-state index in [-0.39, 0.29) is 16.8 Å². The van der Waals surface area contributed by atoms with Crippen LogP contribution in [-0.2, 0) is 30.2 Å². The minimum Gasteiger partial charge on any atom is -0.293 e. The number of aryl methyl sites for hydroxylation is 1. The predicted molar refractivity (Wildman–Crippen MR) is 125 cm³/mol. The minimum absolute atomic E-state index is 0.0340. The largest absolute Gasteiger partial charge is 0.331 e. The molecule has 3 aromatic rings. The molecule has 182 valence electrons. The second kappa shape index (κ2) is 8.46. The van der Waals surface area contributed by atoms with E-state index < -0.39 is 33.5 Å². The van der Waals surface area contributed by atoms with Crippen LogP contribution in [0.3, 0.4) is 0 Å². The van der Waals surface area contributed by atoms with Crippen LogP contribution in [0.25, 0.3) is 10.9 Å². The molecule has 0 bridgehead atoms. The second-order valence-electron chi connectivity index (χ2n) is 9.66. The molecule has 0 amide bonds. The number of halogens is 1. The molecular weight excluding hydrogens is 461 g/mol. The monoisotopic (exact) mass is 489 g/mol. The molecule has 0 atom stereocenters. The van der Waals surface area contributed by atoms with Crippen LogP contribution in [0.5, 0.6) is 0 Å². The molecule has 2 fully saturated rings. The molecule has 34 heavy (non-hydrogen) atoms. The quantitative estimate of drug-likeness (QED) is 0.520. The smallest absolute Gasteiger partial charge is 0.293 e. The number of benzene rings is 1. The van der Waals surface area contributed by atoms with Crippen molar-refractivity contribution in [3.63, 3.8) is 0 Å². The fourth-order valence-corrected chi connectivity index (χ4v) is 6.30. The highest BCUT2D eigenvalue weighted by Gasteiger charge is 2.46. The number of nitrogens with zero attached hydrogens (tertiary/aromatic N) is 4. The van der Waals surface area contributed by atoms with E-state index in [4.69, 9.17) is 0 Å². The van der Waals surface area contributed by atoms with Gasteiger partial charge < -0.3 is 0 Å². The Bertz CT molecular complexity index is 1460. The Balaban J connectivity index is 1.64. The molecule has 1 aromatic carbocycles. The summed E-state index contributed by atoms with van der Waals surface area (Å²) in [6.45, 7) is -0.275. The number of alkyl halides is 1. The lowest BCUT2D eigenvalue weighted by atomic mass is 10.1. The zero-order valence-electron chi connectivity index (χ0n) is 19.0. The van der Waals surface area contributed by atoms with Gasteiger partial charge in [-0.3, -0.25) is 18.6 Å². The van der Waals surface area contributed by atoms with Crippen LogP contribution >= 0.6 is 0 Å². The Morgan fingerprint density at radius 1 is 1.18 bits per heavy atom. The van der Waals surface area contributed by atoms with E-state index in [9.17, 15) is 22.4 Å². The standard InChI is InChI=1S/C23H28FN5O4S/c1-27-12-17(11-25-27)14-29-21(30)19-10-18(34(32,33)26-23(15-24)8-9-23)6-7-20(19)28(22(29)31)13-16-4-2-3-5-16/h6-7,10-12,16,26H,2-5,8-9,13-15H2,1H3. The lowest BCUT2D eigenvalue weighted by Crippen LogP contribution is -2.41. The predicted octanol–water partition coefficient (Wildman–Crippen LogP) is 1.92. The second-order valence-corrected chi connectivity index (χ2v) is 11.3. The highest BCUT2D eigenvalue weighted by Crippen LogP contribution is 2.37. The van der Waals surface area contributed by atoms with E-state index in [0.717, 1.165) is 30.3 Å². The van der Waals surface area contributed by atoms with E-state index in [0.29, 0.717) is 36.4 Å². The molecule has 11 heteroatoms. The maximum absolute atomic E-state index is 13.4. The highest BCUT2D eigenvalue weighted by atomic mass is 32.2. The van der Waals surface area contributed by atoms with E-state index >= 15 is 0 Å². The minimum atomic E-state index is -4.03. The fraction of sp³-hybridized carbons (Fsp3) is 0.522. The Morgan fingerprint density at radius 2 is 1.91 bits per heavy atom. The Hall–Kier alpha value is -2.79. The van der Waals surface area contributed by atoms with Gasteiger partial charge in [0.25, 0.3) is 5.56 Å². The van der Waals surface area contributed by atoms with Crippen LogP contribution in [0.15, 0.2) is 45.1 Å². The van der Waals surface area contributed by atoms with Gasteiger partial charge in [-0.2, -0.15) is 5.10 Å². The molecule has 2 aromatic heterocycles. The van der Waals surface area contributed by atoms with Gasteiger partial charge in [0, 0.05) is 25.4 Å². The Labute approximate surface area is 196 Å². The molecule has 2 aliphatic rings. The van der Waals surface area contributed by atoms with Gasteiger partial charge in [-0.15, -0.1) is 0 Å². The third kappa shape index (κ3) is 4.22. The summed E-state index contributed by atoms with van der Waals surface area (Å²) in [4.78, 5) is 26.8. The maximum atomic E-state index is 13.4. The fourth-order valence-electron chi connectivity index (χ4n) is 4.83. The van der Waals surface area contributed by atoms with Crippen molar-refractivity contribution in [2.45, 2.75) is 62.0 Å².